The predicted molar refractivity (Wildman–Crippen MR) is 81.1 cm³/mol. The van der Waals surface area contributed by atoms with Crippen molar-refractivity contribution in [2.24, 2.45) is 0 Å². The van der Waals surface area contributed by atoms with Crippen molar-refractivity contribution in [1.82, 2.24) is 10.2 Å². The molecule has 1 aromatic rings. The molecule has 1 saturated heterocycles. The summed E-state index contributed by atoms with van der Waals surface area (Å²) in [5.41, 5.74) is 1.27. The lowest BCUT2D eigenvalue weighted by molar-refractivity contribution is 0.253. The zero-order chi connectivity index (χ0) is 13.0. The Morgan fingerprint density at radius 1 is 1.50 bits per heavy atom. The molecule has 1 atom stereocenters. The highest BCUT2D eigenvalue weighted by atomic mass is 79.9. The van der Waals surface area contributed by atoms with E-state index in [1.807, 2.05) is 12.1 Å². The van der Waals surface area contributed by atoms with Crippen molar-refractivity contribution in [3.05, 3.63) is 33.3 Å². The van der Waals surface area contributed by atoms with Crippen LogP contribution in [0.5, 0.6) is 0 Å². The van der Waals surface area contributed by atoms with Gasteiger partial charge in [0.15, 0.2) is 0 Å². The Labute approximate surface area is 123 Å². The van der Waals surface area contributed by atoms with E-state index in [-0.39, 0.29) is 0 Å². The Hall–Kier alpha value is -0.0900. The maximum Gasteiger partial charge on any atom is 0.0410 e. The molecule has 0 amide bonds. The van der Waals surface area contributed by atoms with Gasteiger partial charge in [0.05, 0.1) is 0 Å². The van der Waals surface area contributed by atoms with Gasteiger partial charge >= 0.3 is 0 Å². The van der Waals surface area contributed by atoms with Gasteiger partial charge in [-0.05, 0) is 49.7 Å². The largest absolute Gasteiger partial charge is 0.313 e. The summed E-state index contributed by atoms with van der Waals surface area (Å²) in [6.45, 7) is 6.53. The number of nitrogens with one attached hydrogen (secondary N) is 1. The minimum absolute atomic E-state index is 0.655. The molecule has 0 spiro atoms. The Bertz CT molecular complexity index is 391. The van der Waals surface area contributed by atoms with Crippen molar-refractivity contribution in [3.63, 3.8) is 0 Å². The molecule has 2 rings (SSSR count). The van der Waals surface area contributed by atoms with E-state index in [0.29, 0.717) is 6.04 Å². The van der Waals surface area contributed by atoms with Crippen LogP contribution in [0.3, 0.4) is 0 Å². The summed E-state index contributed by atoms with van der Waals surface area (Å²) >= 11 is 9.66. The third-order valence-electron chi connectivity index (χ3n) is 3.49. The van der Waals surface area contributed by atoms with Crippen LogP contribution >= 0.6 is 27.5 Å². The zero-order valence-electron chi connectivity index (χ0n) is 10.8. The number of likely N-dealkylation sites (N-methyl/N-ethyl adjacent to an activating group) is 1. The number of benzene rings is 1. The maximum atomic E-state index is 6.06. The van der Waals surface area contributed by atoms with Crippen LogP contribution in [0.4, 0.5) is 0 Å². The van der Waals surface area contributed by atoms with Gasteiger partial charge in [-0.1, -0.05) is 34.5 Å². The minimum Gasteiger partial charge on any atom is -0.313 e. The fourth-order valence-electron chi connectivity index (χ4n) is 2.44. The molecule has 18 heavy (non-hydrogen) atoms. The summed E-state index contributed by atoms with van der Waals surface area (Å²) in [5.74, 6) is 0. The van der Waals surface area contributed by atoms with E-state index in [1.54, 1.807) is 0 Å². The highest BCUT2D eigenvalue weighted by molar-refractivity contribution is 9.10. The highest BCUT2D eigenvalue weighted by Gasteiger charge is 2.17. The lowest BCUT2D eigenvalue weighted by Crippen LogP contribution is -2.37. The van der Waals surface area contributed by atoms with Gasteiger partial charge in [-0.25, -0.2) is 0 Å². The molecule has 1 heterocycles. The standard InChI is InChI=1S/C14H20BrClN2/c1-2-18(10-13-4-3-7-17-13)9-11-8-12(16)5-6-14(11)15/h5-6,8,13,17H,2-4,7,9-10H2,1H3. The van der Waals surface area contributed by atoms with E-state index in [2.05, 4.69) is 39.1 Å². The van der Waals surface area contributed by atoms with E-state index < -0.39 is 0 Å². The summed E-state index contributed by atoms with van der Waals surface area (Å²) in [7, 11) is 0. The van der Waals surface area contributed by atoms with Crippen molar-refractivity contribution >= 4 is 27.5 Å². The molecule has 2 nitrogen and oxygen atoms in total. The van der Waals surface area contributed by atoms with Crippen LogP contribution in [0.25, 0.3) is 0 Å². The van der Waals surface area contributed by atoms with Gasteiger partial charge < -0.3 is 5.32 Å². The van der Waals surface area contributed by atoms with Crippen molar-refractivity contribution in [2.45, 2.75) is 32.4 Å². The average Bonchev–Trinajstić information content (AvgIpc) is 2.85. The average molecular weight is 332 g/mol. The monoisotopic (exact) mass is 330 g/mol. The number of hydrogen-bond donors (Lipinski definition) is 1. The van der Waals surface area contributed by atoms with Gasteiger partial charge in [-0.15, -0.1) is 0 Å². The molecule has 1 aliphatic rings. The first-order valence-electron chi connectivity index (χ1n) is 6.58. The van der Waals surface area contributed by atoms with E-state index in [4.69, 9.17) is 11.6 Å². The van der Waals surface area contributed by atoms with Crippen LogP contribution in [-0.2, 0) is 6.54 Å². The first kappa shape index (κ1) is 14.3. The SMILES string of the molecule is CCN(Cc1cc(Cl)ccc1Br)CC1CCCN1. The van der Waals surface area contributed by atoms with Crippen LogP contribution in [0.2, 0.25) is 5.02 Å². The molecule has 0 radical (unpaired) electrons. The van der Waals surface area contributed by atoms with Gasteiger partial charge in [0.2, 0.25) is 0 Å². The zero-order valence-corrected chi connectivity index (χ0v) is 13.1. The van der Waals surface area contributed by atoms with Crippen molar-refractivity contribution in [2.75, 3.05) is 19.6 Å². The summed E-state index contributed by atoms with van der Waals surface area (Å²) < 4.78 is 1.14. The topological polar surface area (TPSA) is 15.3 Å². The molecular weight excluding hydrogens is 312 g/mol. The molecule has 100 valence electrons. The summed E-state index contributed by atoms with van der Waals surface area (Å²) in [6, 6.07) is 6.66. The summed E-state index contributed by atoms with van der Waals surface area (Å²) in [6.07, 6.45) is 2.61. The molecule has 1 aliphatic heterocycles. The predicted octanol–water partition coefficient (Wildman–Crippen LogP) is 3.68. The van der Waals surface area contributed by atoms with E-state index in [1.165, 1.54) is 24.9 Å². The molecule has 1 aromatic carbocycles. The fraction of sp³-hybridized carbons (Fsp3) is 0.571. The molecule has 1 fully saturated rings. The fourth-order valence-corrected chi connectivity index (χ4v) is 3.00. The van der Waals surface area contributed by atoms with E-state index in [0.717, 1.165) is 29.1 Å². The van der Waals surface area contributed by atoms with Crippen LogP contribution in [0, 0.1) is 0 Å². The quantitative estimate of drug-likeness (QED) is 0.885. The van der Waals surface area contributed by atoms with Crippen LogP contribution in [0.15, 0.2) is 22.7 Å². The lowest BCUT2D eigenvalue weighted by atomic mass is 10.1. The third kappa shape index (κ3) is 3.95. The van der Waals surface area contributed by atoms with Crippen molar-refractivity contribution < 1.29 is 0 Å². The summed E-state index contributed by atoms with van der Waals surface area (Å²) in [4.78, 5) is 2.47. The lowest BCUT2D eigenvalue weighted by Gasteiger charge is -2.24. The first-order chi connectivity index (χ1) is 8.69. The number of hydrogen-bond acceptors (Lipinski definition) is 2. The van der Waals surface area contributed by atoms with E-state index in [9.17, 15) is 0 Å². The molecule has 0 aliphatic carbocycles. The molecule has 0 saturated carbocycles. The molecule has 0 aromatic heterocycles. The van der Waals surface area contributed by atoms with Gasteiger partial charge in [0.25, 0.3) is 0 Å². The van der Waals surface area contributed by atoms with Gasteiger partial charge in [0.1, 0.15) is 0 Å². The number of rotatable bonds is 5. The molecule has 1 N–H and O–H groups in total. The normalized spacial score (nSPS) is 19.7. The van der Waals surface area contributed by atoms with E-state index >= 15 is 0 Å². The number of nitrogens with zero attached hydrogens (tertiary/aromatic N) is 1. The second-order valence-electron chi connectivity index (χ2n) is 4.86. The Balaban J connectivity index is 1.98. The molecule has 4 heteroatoms. The maximum absolute atomic E-state index is 6.06. The minimum atomic E-state index is 0.655. The molecule has 0 bridgehead atoms. The van der Waals surface area contributed by atoms with Crippen molar-refractivity contribution in [3.8, 4) is 0 Å². The van der Waals surface area contributed by atoms with Crippen LogP contribution < -0.4 is 5.32 Å². The second kappa shape index (κ2) is 6.90. The Kier molecular flexibility index (Phi) is 5.49. The van der Waals surface area contributed by atoms with Gasteiger partial charge in [0, 0.05) is 28.6 Å². The second-order valence-corrected chi connectivity index (χ2v) is 6.15. The summed E-state index contributed by atoms with van der Waals surface area (Å²) in [5, 5.41) is 4.36. The number of halogens is 2. The highest BCUT2D eigenvalue weighted by Crippen LogP contribution is 2.23. The Morgan fingerprint density at radius 2 is 2.33 bits per heavy atom. The molecule has 1 unspecified atom stereocenters. The first-order valence-corrected chi connectivity index (χ1v) is 7.76. The van der Waals surface area contributed by atoms with Crippen LogP contribution in [-0.4, -0.2) is 30.6 Å². The van der Waals surface area contributed by atoms with Crippen molar-refractivity contribution in [1.29, 1.82) is 0 Å². The van der Waals surface area contributed by atoms with Gasteiger partial charge in [-0.3, -0.25) is 4.90 Å². The third-order valence-corrected chi connectivity index (χ3v) is 4.50. The van der Waals surface area contributed by atoms with Gasteiger partial charge in [-0.2, -0.15) is 0 Å². The smallest absolute Gasteiger partial charge is 0.0410 e. The molecular formula is C14H20BrClN2. The Morgan fingerprint density at radius 3 is 3.00 bits per heavy atom. The van der Waals surface area contributed by atoms with Crippen LogP contribution in [0.1, 0.15) is 25.3 Å².